The van der Waals surface area contributed by atoms with Gasteiger partial charge >= 0.3 is 17.9 Å². The number of esters is 2. The van der Waals surface area contributed by atoms with Crippen LogP contribution in [0.5, 0.6) is 0 Å². The first-order valence-electron chi connectivity index (χ1n) is 6.18. The minimum Gasteiger partial charge on any atom is -0.481 e. The summed E-state index contributed by atoms with van der Waals surface area (Å²) in [6, 6.07) is 0. The zero-order valence-corrected chi connectivity index (χ0v) is 13.0. The molecule has 1 saturated heterocycles. The molecule has 9 heteroatoms. The standard InChI is InChI=1S/C12H16BrFO7/c1-5(15)19-10-7(3-9(17)18)8(4-14)21-12(13)11(10)20-6(2)16/h7-8,10-12H,3-4H2,1-2H3,(H,17,18)/t7-,8+,10-,11+,12-/m0/s1. The molecular weight excluding hydrogens is 355 g/mol. The number of hydrogen-bond donors (Lipinski definition) is 1. The van der Waals surface area contributed by atoms with Gasteiger partial charge in [0, 0.05) is 19.8 Å². The molecule has 1 aliphatic rings. The second-order valence-corrected chi connectivity index (χ2v) is 5.49. The third-order valence-corrected chi connectivity index (χ3v) is 3.69. The Hall–Kier alpha value is -1.22. The van der Waals surface area contributed by atoms with E-state index in [2.05, 4.69) is 15.9 Å². The highest BCUT2D eigenvalue weighted by Crippen LogP contribution is 2.35. The summed E-state index contributed by atoms with van der Waals surface area (Å²) < 4.78 is 28.4. The molecule has 0 unspecified atom stereocenters. The molecule has 1 heterocycles. The third kappa shape index (κ3) is 4.92. The van der Waals surface area contributed by atoms with Crippen LogP contribution < -0.4 is 0 Å². The summed E-state index contributed by atoms with van der Waals surface area (Å²) in [7, 11) is 0. The topological polar surface area (TPSA) is 99.1 Å². The predicted molar refractivity (Wildman–Crippen MR) is 70.4 cm³/mol. The number of carboxylic acids is 1. The molecule has 1 aliphatic heterocycles. The molecule has 0 saturated carbocycles. The number of alkyl halides is 2. The van der Waals surface area contributed by atoms with Gasteiger partial charge in [0.1, 0.15) is 12.8 Å². The van der Waals surface area contributed by atoms with Gasteiger partial charge in [-0.1, -0.05) is 15.9 Å². The Morgan fingerprint density at radius 1 is 1.19 bits per heavy atom. The van der Waals surface area contributed by atoms with Crippen LogP contribution in [-0.2, 0) is 28.6 Å². The molecule has 120 valence electrons. The minimum atomic E-state index is -1.20. The van der Waals surface area contributed by atoms with Gasteiger partial charge in [-0.05, 0) is 0 Å². The maximum atomic E-state index is 13.1. The van der Waals surface area contributed by atoms with E-state index in [-0.39, 0.29) is 0 Å². The van der Waals surface area contributed by atoms with Crippen LogP contribution in [0.2, 0.25) is 0 Å². The SMILES string of the molecule is CC(=O)O[C@@H]1[C@@H](OC(C)=O)[C@@H](CC(=O)O)[C@@H](CF)O[C@@H]1Br. The van der Waals surface area contributed by atoms with E-state index in [4.69, 9.17) is 19.3 Å². The van der Waals surface area contributed by atoms with E-state index in [1.807, 2.05) is 0 Å². The van der Waals surface area contributed by atoms with Crippen molar-refractivity contribution in [3.63, 3.8) is 0 Å². The fraction of sp³-hybridized carbons (Fsp3) is 0.750. The maximum absolute atomic E-state index is 13.1. The third-order valence-electron chi connectivity index (χ3n) is 2.95. The molecule has 0 aromatic heterocycles. The number of rotatable bonds is 5. The molecule has 1 fully saturated rings. The number of halogens is 2. The van der Waals surface area contributed by atoms with Crippen LogP contribution >= 0.6 is 15.9 Å². The molecular formula is C12H16BrFO7. The van der Waals surface area contributed by atoms with Crippen molar-refractivity contribution in [2.24, 2.45) is 5.92 Å². The van der Waals surface area contributed by atoms with E-state index in [0.717, 1.165) is 13.8 Å². The molecule has 21 heavy (non-hydrogen) atoms. The summed E-state index contributed by atoms with van der Waals surface area (Å²) >= 11 is 3.08. The molecule has 1 N–H and O–H groups in total. The van der Waals surface area contributed by atoms with Crippen molar-refractivity contribution >= 4 is 33.8 Å². The van der Waals surface area contributed by atoms with Crippen LogP contribution in [0.15, 0.2) is 0 Å². The number of hydrogen-bond acceptors (Lipinski definition) is 6. The summed E-state index contributed by atoms with van der Waals surface area (Å²) in [5.41, 5.74) is 0. The Morgan fingerprint density at radius 2 is 1.71 bits per heavy atom. The molecule has 0 radical (unpaired) electrons. The van der Waals surface area contributed by atoms with Crippen LogP contribution in [0, 0.1) is 5.92 Å². The van der Waals surface area contributed by atoms with Gasteiger partial charge in [0.2, 0.25) is 0 Å². The van der Waals surface area contributed by atoms with Gasteiger partial charge in [-0.15, -0.1) is 0 Å². The zero-order valence-electron chi connectivity index (χ0n) is 11.5. The molecule has 5 atom stereocenters. The molecule has 0 spiro atoms. The molecule has 0 bridgehead atoms. The molecule has 1 rings (SSSR count). The smallest absolute Gasteiger partial charge is 0.303 e. The van der Waals surface area contributed by atoms with Gasteiger partial charge in [0.25, 0.3) is 0 Å². The van der Waals surface area contributed by atoms with Crippen molar-refractivity contribution in [1.29, 1.82) is 0 Å². The van der Waals surface area contributed by atoms with Gasteiger partial charge in [0.05, 0.1) is 12.5 Å². The highest BCUT2D eigenvalue weighted by molar-refractivity contribution is 9.09. The predicted octanol–water partition coefficient (Wildman–Crippen LogP) is 1.03. The van der Waals surface area contributed by atoms with E-state index >= 15 is 0 Å². The van der Waals surface area contributed by atoms with Crippen LogP contribution in [0.1, 0.15) is 20.3 Å². The number of ether oxygens (including phenoxy) is 3. The second-order valence-electron chi connectivity index (χ2n) is 4.59. The lowest BCUT2D eigenvalue weighted by molar-refractivity contribution is -0.211. The van der Waals surface area contributed by atoms with Gasteiger partial charge in [-0.3, -0.25) is 14.4 Å². The summed E-state index contributed by atoms with van der Waals surface area (Å²) in [5.74, 6) is -3.51. The Labute approximate surface area is 128 Å². The van der Waals surface area contributed by atoms with E-state index in [0.29, 0.717) is 0 Å². The van der Waals surface area contributed by atoms with Crippen molar-refractivity contribution < 1.29 is 38.1 Å². The first-order chi connectivity index (χ1) is 9.76. The Balaban J connectivity index is 3.08. The Bertz CT molecular complexity index is 416. The lowest BCUT2D eigenvalue weighted by Crippen LogP contribution is -2.56. The first kappa shape index (κ1) is 17.8. The molecule has 0 aromatic rings. The Morgan fingerprint density at radius 3 is 2.14 bits per heavy atom. The van der Waals surface area contributed by atoms with E-state index < -0.39 is 60.2 Å². The summed E-state index contributed by atoms with van der Waals surface area (Å²) in [6.07, 6.45) is -3.73. The van der Waals surface area contributed by atoms with Gasteiger partial charge in [0.15, 0.2) is 11.1 Å². The second kappa shape index (κ2) is 7.69. The largest absolute Gasteiger partial charge is 0.481 e. The molecule has 7 nitrogen and oxygen atoms in total. The van der Waals surface area contributed by atoms with Gasteiger partial charge in [-0.25, -0.2) is 4.39 Å². The first-order valence-corrected chi connectivity index (χ1v) is 7.09. The van der Waals surface area contributed by atoms with Crippen molar-refractivity contribution in [2.45, 2.75) is 43.6 Å². The van der Waals surface area contributed by atoms with E-state index in [1.165, 1.54) is 0 Å². The summed E-state index contributed by atoms with van der Waals surface area (Å²) in [4.78, 5) is 33.3. The molecule has 0 aromatic carbocycles. The van der Waals surface area contributed by atoms with Crippen molar-refractivity contribution in [3.05, 3.63) is 0 Å². The average Bonchev–Trinajstić information content (AvgIpc) is 2.35. The van der Waals surface area contributed by atoms with E-state index in [9.17, 15) is 18.8 Å². The highest BCUT2D eigenvalue weighted by Gasteiger charge is 2.49. The van der Waals surface area contributed by atoms with Crippen LogP contribution in [-0.4, -0.2) is 53.0 Å². The van der Waals surface area contributed by atoms with Gasteiger partial charge in [-0.2, -0.15) is 0 Å². The Kier molecular flexibility index (Phi) is 6.53. The monoisotopic (exact) mass is 370 g/mol. The van der Waals surface area contributed by atoms with Crippen LogP contribution in [0.4, 0.5) is 4.39 Å². The summed E-state index contributed by atoms with van der Waals surface area (Å²) in [6.45, 7) is 1.33. The molecule has 0 aliphatic carbocycles. The lowest BCUT2D eigenvalue weighted by atomic mass is 9.87. The number of carbonyl (C=O) groups excluding carboxylic acids is 2. The maximum Gasteiger partial charge on any atom is 0.303 e. The summed E-state index contributed by atoms with van der Waals surface area (Å²) in [5, 5.41) is 8.02. The van der Waals surface area contributed by atoms with Crippen molar-refractivity contribution in [3.8, 4) is 0 Å². The van der Waals surface area contributed by atoms with Crippen LogP contribution in [0.25, 0.3) is 0 Å². The quantitative estimate of drug-likeness (QED) is 0.569. The average molecular weight is 371 g/mol. The van der Waals surface area contributed by atoms with Crippen LogP contribution in [0.3, 0.4) is 0 Å². The fourth-order valence-corrected chi connectivity index (χ4v) is 2.89. The normalized spacial score (nSPS) is 32.3. The number of carboxylic acid groups (broad SMARTS) is 1. The zero-order chi connectivity index (χ0) is 16.2. The van der Waals surface area contributed by atoms with Crippen molar-refractivity contribution in [2.75, 3.05) is 6.67 Å². The van der Waals surface area contributed by atoms with Gasteiger partial charge < -0.3 is 19.3 Å². The minimum absolute atomic E-state index is 0.482. The van der Waals surface area contributed by atoms with E-state index in [1.54, 1.807) is 0 Å². The highest BCUT2D eigenvalue weighted by atomic mass is 79.9. The van der Waals surface area contributed by atoms with Crippen molar-refractivity contribution in [1.82, 2.24) is 0 Å². The molecule has 0 amide bonds. The number of carbonyl (C=O) groups is 3. The lowest BCUT2D eigenvalue weighted by Gasteiger charge is -2.42. The fourth-order valence-electron chi connectivity index (χ4n) is 2.21. The number of aliphatic carboxylic acids is 1.